The van der Waals surface area contributed by atoms with Gasteiger partial charge in [-0.25, -0.2) is 0 Å². The fourth-order valence-electron chi connectivity index (χ4n) is 2.30. The third-order valence-electron chi connectivity index (χ3n) is 3.13. The molecule has 1 heterocycles. The maximum absolute atomic E-state index is 12.0. The molecule has 2 amide bonds. The Hall–Kier alpha value is -0.940. The lowest BCUT2D eigenvalue weighted by Crippen LogP contribution is -2.52. The van der Waals surface area contributed by atoms with Gasteiger partial charge in [0.25, 0.3) is 0 Å². The summed E-state index contributed by atoms with van der Waals surface area (Å²) < 4.78 is 5.10. The fourth-order valence-corrected chi connectivity index (χ4v) is 2.30. The van der Waals surface area contributed by atoms with Crippen LogP contribution in [0.2, 0.25) is 0 Å². The van der Waals surface area contributed by atoms with Crippen molar-refractivity contribution in [2.24, 2.45) is 5.41 Å². The molecule has 1 N–H and O–H groups in total. The molecular formula is C13H24N2O3. The lowest BCUT2D eigenvalue weighted by molar-refractivity contribution is -0.153. The molecule has 1 aliphatic heterocycles. The Kier molecular flexibility index (Phi) is 5.28. The van der Waals surface area contributed by atoms with Gasteiger partial charge in [-0.05, 0) is 12.0 Å². The SMILES string of the molecule is CCNC(COC)CN1C(=O)CC(C)(C)CC1=O. The molecule has 0 aromatic carbocycles. The van der Waals surface area contributed by atoms with E-state index < -0.39 is 0 Å². The topological polar surface area (TPSA) is 58.6 Å². The zero-order valence-corrected chi connectivity index (χ0v) is 11.8. The van der Waals surface area contributed by atoms with Gasteiger partial charge in [-0.1, -0.05) is 20.8 Å². The van der Waals surface area contributed by atoms with Crippen LogP contribution in [0.1, 0.15) is 33.6 Å². The second-order valence-electron chi connectivity index (χ2n) is 5.63. The molecule has 0 aromatic heterocycles. The van der Waals surface area contributed by atoms with Crippen molar-refractivity contribution < 1.29 is 14.3 Å². The van der Waals surface area contributed by atoms with Crippen molar-refractivity contribution in [3.8, 4) is 0 Å². The number of nitrogens with zero attached hydrogens (tertiary/aromatic N) is 1. The first-order chi connectivity index (χ1) is 8.39. The van der Waals surface area contributed by atoms with Crippen molar-refractivity contribution >= 4 is 11.8 Å². The molecule has 1 unspecified atom stereocenters. The molecule has 0 bridgehead atoms. The Morgan fingerprint density at radius 3 is 2.33 bits per heavy atom. The number of hydrogen-bond acceptors (Lipinski definition) is 4. The van der Waals surface area contributed by atoms with Crippen molar-refractivity contribution in [3.05, 3.63) is 0 Å². The van der Waals surface area contributed by atoms with Crippen LogP contribution in [-0.2, 0) is 14.3 Å². The summed E-state index contributed by atoms with van der Waals surface area (Å²) in [6.45, 7) is 7.58. The molecule has 1 fully saturated rings. The van der Waals surface area contributed by atoms with E-state index >= 15 is 0 Å². The van der Waals surface area contributed by atoms with Crippen LogP contribution < -0.4 is 5.32 Å². The number of likely N-dealkylation sites (N-methyl/N-ethyl adjacent to an activating group) is 1. The highest BCUT2D eigenvalue weighted by molar-refractivity contribution is 5.98. The quantitative estimate of drug-likeness (QED) is 0.714. The van der Waals surface area contributed by atoms with Gasteiger partial charge in [-0.3, -0.25) is 14.5 Å². The van der Waals surface area contributed by atoms with E-state index in [0.29, 0.717) is 26.0 Å². The predicted octanol–water partition coefficient (Wildman–Crippen LogP) is 0.786. The minimum atomic E-state index is -0.209. The minimum Gasteiger partial charge on any atom is -0.383 e. The minimum absolute atomic E-state index is 0.00844. The Labute approximate surface area is 109 Å². The van der Waals surface area contributed by atoms with Crippen LogP contribution in [0.3, 0.4) is 0 Å². The zero-order chi connectivity index (χ0) is 13.8. The highest BCUT2D eigenvalue weighted by Crippen LogP contribution is 2.31. The lowest BCUT2D eigenvalue weighted by atomic mass is 9.81. The smallest absolute Gasteiger partial charge is 0.229 e. The van der Waals surface area contributed by atoms with E-state index in [2.05, 4.69) is 5.32 Å². The Balaban J connectivity index is 2.65. The van der Waals surface area contributed by atoms with Crippen molar-refractivity contribution in [1.82, 2.24) is 10.2 Å². The first-order valence-corrected chi connectivity index (χ1v) is 6.45. The van der Waals surface area contributed by atoms with Crippen LogP contribution in [0.5, 0.6) is 0 Å². The second kappa shape index (κ2) is 6.29. The molecule has 18 heavy (non-hydrogen) atoms. The summed E-state index contributed by atoms with van der Waals surface area (Å²) in [4.78, 5) is 25.4. The van der Waals surface area contributed by atoms with E-state index in [0.717, 1.165) is 6.54 Å². The van der Waals surface area contributed by atoms with Gasteiger partial charge >= 0.3 is 0 Å². The molecule has 1 aliphatic rings. The molecule has 0 aliphatic carbocycles. The molecule has 1 saturated heterocycles. The van der Waals surface area contributed by atoms with Gasteiger partial charge in [0.2, 0.25) is 11.8 Å². The highest BCUT2D eigenvalue weighted by atomic mass is 16.5. The van der Waals surface area contributed by atoms with Gasteiger partial charge in [-0.2, -0.15) is 0 Å². The van der Waals surface area contributed by atoms with E-state index in [1.54, 1.807) is 7.11 Å². The first kappa shape index (κ1) is 15.1. The average Bonchev–Trinajstić information content (AvgIpc) is 2.22. The summed E-state index contributed by atoms with van der Waals surface area (Å²) in [5.74, 6) is -0.148. The van der Waals surface area contributed by atoms with Crippen molar-refractivity contribution in [1.29, 1.82) is 0 Å². The van der Waals surface area contributed by atoms with Crippen molar-refractivity contribution in [3.63, 3.8) is 0 Å². The summed E-state index contributed by atoms with van der Waals surface area (Å²) in [5.41, 5.74) is -0.209. The number of carbonyl (C=O) groups excluding carboxylic acids is 2. The first-order valence-electron chi connectivity index (χ1n) is 6.45. The van der Waals surface area contributed by atoms with E-state index in [1.807, 2.05) is 20.8 Å². The largest absolute Gasteiger partial charge is 0.383 e. The molecule has 0 radical (unpaired) electrons. The second-order valence-corrected chi connectivity index (χ2v) is 5.63. The van der Waals surface area contributed by atoms with E-state index in [9.17, 15) is 9.59 Å². The van der Waals surface area contributed by atoms with Gasteiger partial charge < -0.3 is 10.1 Å². The molecule has 5 nitrogen and oxygen atoms in total. The van der Waals surface area contributed by atoms with Crippen LogP contribution in [-0.4, -0.2) is 49.6 Å². The Morgan fingerprint density at radius 1 is 1.33 bits per heavy atom. The number of hydrogen-bond donors (Lipinski definition) is 1. The van der Waals surface area contributed by atoms with Crippen LogP contribution in [0.25, 0.3) is 0 Å². The summed E-state index contributed by atoms with van der Waals surface area (Å²) in [7, 11) is 1.62. The van der Waals surface area contributed by atoms with Crippen LogP contribution >= 0.6 is 0 Å². The number of carbonyl (C=O) groups is 2. The van der Waals surface area contributed by atoms with Gasteiger partial charge in [0, 0.05) is 32.5 Å². The Morgan fingerprint density at radius 2 is 1.89 bits per heavy atom. The van der Waals surface area contributed by atoms with Crippen LogP contribution in [0.4, 0.5) is 0 Å². The van der Waals surface area contributed by atoms with Gasteiger partial charge in [0.15, 0.2) is 0 Å². The molecule has 5 heteroatoms. The van der Waals surface area contributed by atoms with E-state index in [-0.39, 0.29) is 23.3 Å². The molecule has 0 saturated carbocycles. The number of piperidine rings is 1. The number of imide groups is 1. The average molecular weight is 256 g/mol. The molecule has 1 rings (SSSR count). The number of rotatable bonds is 6. The number of methoxy groups -OCH3 is 1. The van der Waals surface area contributed by atoms with E-state index in [1.165, 1.54) is 4.90 Å². The number of amides is 2. The van der Waals surface area contributed by atoms with Gasteiger partial charge in [0.1, 0.15) is 0 Å². The third-order valence-corrected chi connectivity index (χ3v) is 3.13. The normalized spacial score (nSPS) is 21.2. The van der Waals surface area contributed by atoms with E-state index in [4.69, 9.17) is 4.74 Å². The summed E-state index contributed by atoms with van der Waals surface area (Å²) in [6.07, 6.45) is 0.870. The summed E-state index contributed by atoms with van der Waals surface area (Å²) in [6, 6.07) is 0.00844. The summed E-state index contributed by atoms with van der Waals surface area (Å²) >= 11 is 0. The third kappa shape index (κ3) is 4.07. The number of nitrogens with one attached hydrogen (secondary N) is 1. The van der Waals surface area contributed by atoms with Gasteiger partial charge in [0.05, 0.1) is 6.61 Å². The fraction of sp³-hybridized carbons (Fsp3) is 0.846. The maximum Gasteiger partial charge on any atom is 0.229 e. The molecule has 104 valence electrons. The molecular weight excluding hydrogens is 232 g/mol. The number of ether oxygens (including phenoxy) is 1. The zero-order valence-electron chi connectivity index (χ0n) is 11.8. The molecule has 1 atom stereocenters. The van der Waals surface area contributed by atoms with Gasteiger partial charge in [-0.15, -0.1) is 0 Å². The summed E-state index contributed by atoms with van der Waals surface area (Å²) in [5, 5.41) is 3.22. The molecule has 0 spiro atoms. The lowest BCUT2D eigenvalue weighted by Gasteiger charge is -2.36. The number of likely N-dealkylation sites (tertiary alicyclic amines) is 1. The monoisotopic (exact) mass is 256 g/mol. The van der Waals surface area contributed by atoms with Crippen molar-refractivity contribution in [2.45, 2.75) is 39.7 Å². The predicted molar refractivity (Wildman–Crippen MR) is 69.1 cm³/mol. The van der Waals surface area contributed by atoms with Crippen molar-refractivity contribution in [2.75, 3.05) is 26.8 Å². The molecule has 0 aromatic rings. The standard InChI is InChI=1S/C13H24N2O3/c1-5-14-10(9-18-4)8-15-11(16)6-13(2,3)7-12(15)17/h10,14H,5-9H2,1-4H3. The van der Waals surface area contributed by atoms with Crippen LogP contribution in [0.15, 0.2) is 0 Å². The maximum atomic E-state index is 12.0. The highest BCUT2D eigenvalue weighted by Gasteiger charge is 2.37. The Bertz CT molecular complexity index is 289. The van der Waals surface area contributed by atoms with Crippen LogP contribution in [0, 0.1) is 5.41 Å².